The van der Waals surface area contributed by atoms with Crippen LogP contribution in [0.3, 0.4) is 0 Å². The van der Waals surface area contributed by atoms with Crippen LogP contribution in [-0.2, 0) is 10.2 Å². The summed E-state index contributed by atoms with van der Waals surface area (Å²) in [4.78, 5) is 21.2. The van der Waals surface area contributed by atoms with Crippen molar-refractivity contribution in [2.24, 2.45) is 0 Å². The highest BCUT2D eigenvalue weighted by molar-refractivity contribution is 6.03. The lowest BCUT2D eigenvalue weighted by Gasteiger charge is -2.41. The predicted octanol–water partition coefficient (Wildman–Crippen LogP) is 4.14. The molecule has 0 radical (unpaired) electrons. The van der Waals surface area contributed by atoms with Gasteiger partial charge in [0.25, 0.3) is 12.3 Å². The third-order valence-electron chi connectivity index (χ3n) is 5.97. The largest absolute Gasteiger partial charge is 0.490 e. The zero-order valence-electron chi connectivity index (χ0n) is 17.2. The van der Waals surface area contributed by atoms with Gasteiger partial charge >= 0.3 is 0 Å². The molecule has 2 aliphatic heterocycles. The molecule has 1 saturated carbocycles. The molecule has 1 aliphatic carbocycles. The molecule has 3 fully saturated rings. The third kappa shape index (κ3) is 3.33. The normalized spacial score (nSPS) is 24.4. The van der Waals surface area contributed by atoms with Crippen LogP contribution in [0.25, 0.3) is 5.65 Å². The number of nitrogens with zero attached hydrogens (tertiary/aromatic N) is 3. The van der Waals surface area contributed by atoms with Crippen molar-refractivity contribution in [3.8, 4) is 5.75 Å². The van der Waals surface area contributed by atoms with E-state index in [1.54, 1.807) is 12.3 Å². The summed E-state index contributed by atoms with van der Waals surface area (Å²) in [6, 6.07) is 5.64. The number of rotatable bonds is 6. The number of halogens is 2. The van der Waals surface area contributed by atoms with Gasteiger partial charge < -0.3 is 19.2 Å². The zero-order chi connectivity index (χ0) is 21.8. The van der Waals surface area contributed by atoms with Crippen LogP contribution in [0.2, 0.25) is 0 Å². The second kappa shape index (κ2) is 6.98. The molecule has 0 aromatic carbocycles. The molecular formula is C22H22F2N4O3. The number of carbonyl (C=O) groups is 1. The summed E-state index contributed by atoms with van der Waals surface area (Å²) < 4.78 is 39.3. The minimum Gasteiger partial charge on any atom is -0.490 e. The van der Waals surface area contributed by atoms with E-state index in [0.717, 1.165) is 18.5 Å². The van der Waals surface area contributed by atoms with Gasteiger partial charge in [0.1, 0.15) is 11.4 Å². The van der Waals surface area contributed by atoms with Crippen molar-refractivity contribution < 1.29 is 23.0 Å². The van der Waals surface area contributed by atoms with Gasteiger partial charge in [0.2, 0.25) is 0 Å². The molecule has 1 amide bonds. The van der Waals surface area contributed by atoms with Crippen molar-refractivity contribution in [1.82, 2.24) is 14.4 Å². The number of alkyl halides is 2. The Labute approximate surface area is 177 Å². The van der Waals surface area contributed by atoms with E-state index >= 15 is 0 Å². The molecule has 2 saturated heterocycles. The Kier molecular flexibility index (Phi) is 4.47. The molecular weight excluding hydrogens is 406 g/mol. The number of anilines is 1. The lowest BCUT2D eigenvalue weighted by atomic mass is 9.62. The average Bonchev–Trinajstić information content (AvgIpc) is 3.39. The Bertz CT molecular complexity index is 1170. The number of amides is 1. The highest BCUT2D eigenvalue weighted by atomic mass is 19.3. The van der Waals surface area contributed by atoms with Crippen molar-refractivity contribution in [3.05, 3.63) is 53.7 Å². The quantitative estimate of drug-likeness (QED) is 0.639. The summed E-state index contributed by atoms with van der Waals surface area (Å²) >= 11 is 0. The van der Waals surface area contributed by atoms with Gasteiger partial charge in [0, 0.05) is 23.9 Å². The van der Waals surface area contributed by atoms with Crippen LogP contribution in [-0.4, -0.2) is 39.1 Å². The van der Waals surface area contributed by atoms with Crippen LogP contribution >= 0.6 is 0 Å². The molecule has 9 heteroatoms. The average molecular weight is 428 g/mol. The van der Waals surface area contributed by atoms with Gasteiger partial charge in [-0.25, -0.2) is 18.7 Å². The second-order valence-corrected chi connectivity index (χ2v) is 8.46. The van der Waals surface area contributed by atoms with Crippen LogP contribution in [0.4, 0.5) is 14.5 Å². The molecule has 3 aromatic heterocycles. The van der Waals surface area contributed by atoms with Gasteiger partial charge in [0.15, 0.2) is 11.4 Å². The molecule has 5 heterocycles. The van der Waals surface area contributed by atoms with Crippen molar-refractivity contribution in [2.75, 3.05) is 18.5 Å². The summed E-state index contributed by atoms with van der Waals surface area (Å²) in [5.74, 6) is -0.0552. The predicted molar refractivity (Wildman–Crippen MR) is 109 cm³/mol. The maximum absolute atomic E-state index is 12.9. The van der Waals surface area contributed by atoms with Gasteiger partial charge in [0.05, 0.1) is 30.2 Å². The number of aromatic nitrogens is 3. The Morgan fingerprint density at radius 1 is 1.32 bits per heavy atom. The van der Waals surface area contributed by atoms with Crippen molar-refractivity contribution in [2.45, 2.75) is 44.1 Å². The number of imidazole rings is 1. The second-order valence-electron chi connectivity index (χ2n) is 8.46. The Hall–Kier alpha value is -3.07. The first-order valence-electron chi connectivity index (χ1n) is 10.2. The molecule has 3 aliphatic rings. The maximum Gasteiger partial charge on any atom is 0.280 e. The highest BCUT2D eigenvalue weighted by Crippen LogP contribution is 2.58. The van der Waals surface area contributed by atoms with Gasteiger partial charge in [-0.15, -0.1) is 0 Å². The van der Waals surface area contributed by atoms with E-state index in [1.165, 1.54) is 18.2 Å². The molecule has 162 valence electrons. The molecule has 0 spiro atoms. The summed E-state index contributed by atoms with van der Waals surface area (Å²) in [5, 5.41) is 2.72. The van der Waals surface area contributed by atoms with Gasteiger partial charge in [-0.1, -0.05) is 6.07 Å². The van der Waals surface area contributed by atoms with E-state index in [-0.39, 0.29) is 16.7 Å². The van der Waals surface area contributed by atoms with Crippen LogP contribution in [0.5, 0.6) is 5.75 Å². The smallest absolute Gasteiger partial charge is 0.280 e. The Morgan fingerprint density at radius 3 is 2.81 bits per heavy atom. The Morgan fingerprint density at radius 2 is 2.13 bits per heavy atom. The molecule has 6 rings (SSSR count). The van der Waals surface area contributed by atoms with Crippen molar-refractivity contribution in [1.29, 1.82) is 0 Å². The lowest BCUT2D eigenvalue weighted by molar-refractivity contribution is 0.0154. The van der Waals surface area contributed by atoms with Gasteiger partial charge in [-0.2, -0.15) is 0 Å². The summed E-state index contributed by atoms with van der Waals surface area (Å²) in [6.07, 6.45) is 2.79. The van der Waals surface area contributed by atoms with E-state index in [9.17, 15) is 13.6 Å². The molecule has 1 N–H and O–H groups in total. The monoisotopic (exact) mass is 428 g/mol. The van der Waals surface area contributed by atoms with E-state index in [4.69, 9.17) is 14.5 Å². The van der Waals surface area contributed by atoms with Crippen LogP contribution in [0.1, 0.15) is 55.0 Å². The molecule has 3 aromatic rings. The number of fused-ring (bicyclic) bond motifs is 2. The fourth-order valence-corrected chi connectivity index (χ4v) is 4.70. The molecule has 2 bridgehead atoms. The lowest BCUT2D eigenvalue weighted by Crippen LogP contribution is -2.45. The first-order chi connectivity index (χ1) is 14.8. The summed E-state index contributed by atoms with van der Waals surface area (Å²) in [7, 11) is 0. The SMILES string of the molecule is CCOc1cc(NC(=O)c2cccc(C(F)F)n2)cn2cc(C34COC(C)(C3)C4)nc12. The topological polar surface area (TPSA) is 77.8 Å². The molecule has 0 atom stereocenters. The number of ether oxygens (including phenoxy) is 2. The minimum atomic E-state index is -2.75. The standard InChI is InChI=1S/C22H22F2N4O3/c1-3-30-16-7-13(25-20(29)15-6-4-5-14(26-15)18(23)24)8-28-9-17(27-19(16)28)22-10-21(2,11-22)31-12-22/h4-9,18H,3,10-12H2,1-2H3,(H,25,29). The van der Waals surface area contributed by atoms with Crippen LogP contribution < -0.4 is 10.1 Å². The van der Waals surface area contributed by atoms with Gasteiger partial charge in [-0.05, 0) is 38.8 Å². The number of nitrogens with one attached hydrogen (secondary N) is 1. The maximum atomic E-state index is 12.9. The number of hydrogen-bond acceptors (Lipinski definition) is 5. The highest BCUT2D eigenvalue weighted by Gasteiger charge is 2.61. The van der Waals surface area contributed by atoms with Crippen LogP contribution in [0, 0.1) is 0 Å². The van der Waals surface area contributed by atoms with E-state index in [2.05, 4.69) is 17.2 Å². The Balaban J connectivity index is 1.46. The zero-order valence-corrected chi connectivity index (χ0v) is 17.2. The molecule has 7 nitrogen and oxygen atoms in total. The fraction of sp³-hybridized carbons (Fsp3) is 0.409. The van der Waals surface area contributed by atoms with E-state index < -0.39 is 18.0 Å². The molecule has 31 heavy (non-hydrogen) atoms. The summed E-state index contributed by atoms with van der Waals surface area (Å²) in [6.45, 7) is 5.06. The first kappa shape index (κ1) is 19.9. The third-order valence-corrected chi connectivity index (χ3v) is 5.97. The van der Waals surface area contributed by atoms with E-state index in [1.807, 2.05) is 17.5 Å². The van der Waals surface area contributed by atoms with E-state index in [0.29, 0.717) is 30.3 Å². The first-order valence-corrected chi connectivity index (χ1v) is 10.2. The minimum absolute atomic E-state index is 0.0581. The number of pyridine rings is 2. The fourth-order valence-electron chi connectivity index (χ4n) is 4.70. The molecule has 0 unspecified atom stereocenters. The summed E-state index contributed by atoms with van der Waals surface area (Å²) in [5.41, 5.74) is 1.39. The van der Waals surface area contributed by atoms with Crippen molar-refractivity contribution in [3.63, 3.8) is 0 Å². The van der Waals surface area contributed by atoms with Crippen molar-refractivity contribution >= 4 is 17.2 Å². The van der Waals surface area contributed by atoms with Crippen LogP contribution in [0.15, 0.2) is 36.7 Å². The van der Waals surface area contributed by atoms with Gasteiger partial charge in [-0.3, -0.25) is 4.79 Å². The number of carbonyl (C=O) groups excluding carboxylic acids is 1. The number of hydrogen-bond donors (Lipinski definition) is 1.